The van der Waals surface area contributed by atoms with E-state index in [1.807, 2.05) is 16.8 Å². The summed E-state index contributed by atoms with van der Waals surface area (Å²) < 4.78 is 41.2. The number of ether oxygens (including phenoxy) is 2. The maximum absolute atomic E-state index is 13.9. The molecule has 1 aliphatic rings. The number of carbonyl (C=O) groups excluding carboxylic acids is 1. The van der Waals surface area contributed by atoms with E-state index >= 15 is 0 Å². The van der Waals surface area contributed by atoms with Gasteiger partial charge in [0.2, 0.25) is 0 Å². The third kappa shape index (κ3) is 4.00. The van der Waals surface area contributed by atoms with Crippen LogP contribution in [-0.4, -0.2) is 29.4 Å². The average molecular weight is 527 g/mol. The largest absolute Gasteiger partial charge is 0.491 e. The molecular weight excluding hydrogens is 507 g/mol. The summed E-state index contributed by atoms with van der Waals surface area (Å²) in [6.07, 6.45) is 4.72. The minimum Gasteiger partial charge on any atom is -0.491 e. The molecule has 2 heterocycles. The van der Waals surface area contributed by atoms with Crippen LogP contribution in [0.2, 0.25) is 0 Å². The third-order valence-corrected chi connectivity index (χ3v) is 6.16. The molecule has 0 bridgehead atoms. The van der Waals surface area contributed by atoms with Gasteiger partial charge < -0.3 is 14.8 Å². The first kappa shape index (κ1) is 21.0. The Hall–Kier alpha value is -2.27. The first-order valence-electron chi connectivity index (χ1n) is 9.57. The quantitative estimate of drug-likeness (QED) is 0.495. The van der Waals surface area contributed by atoms with Gasteiger partial charge in [0.1, 0.15) is 0 Å². The number of fused-ring (bicyclic) bond motifs is 1. The van der Waals surface area contributed by atoms with Gasteiger partial charge in [0.15, 0.2) is 23.6 Å². The highest BCUT2D eigenvalue weighted by Crippen LogP contribution is 2.30. The number of aromatic nitrogens is 2. The zero-order valence-corrected chi connectivity index (χ0v) is 18.4. The lowest BCUT2D eigenvalue weighted by atomic mass is 10.1. The normalized spacial score (nSPS) is 16.6. The first-order chi connectivity index (χ1) is 14.5. The van der Waals surface area contributed by atoms with Gasteiger partial charge in [-0.15, -0.1) is 0 Å². The molecule has 1 amide bonds. The zero-order chi connectivity index (χ0) is 21.3. The van der Waals surface area contributed by atoms with Gasteiger partial charge in [0, 0.05) is 27.7 Å². The summed E-state index contributed by atoms with van der Waals surface area (Å²) in [5.74, 6) is -2.93. The number of hydrogen-bond donors (Lipinski definition) is 1. The van der Waals surface area contributed by atoms with E-state index in [0.29, 0.717) is 6.61 Å². The highest BCUT2D eigenvalue weighted by atomic mass is 127. The lowest BCUT2D eigenvalue weighted by Crippen LogP contribution is -2.24. The second-order valence-corrected chi connectivity index (χ2v) is 8.19. The van der Waals surface area contributed by atoms with Crippen molar-refractivity contribution < 1.29 is 23.0 Å². The lowest BCUT2D eigenvalue weighted by molar-refractivity contribution is -0.0366. The van der Waals surface area contributed by atoms with Crippen molar-refractivity contribution in [3.05, 3.63) is 56.8 Å². The summed E-state index contributed by atoms with van der Waals surface area (Å²) in [7, 11) is 1.17. The molecule has 9 heteroatoms. The molecule has 1 saturated heterocycles. The minimum absolute atomic E-state index is 0.0935. The Bertz CT molecular complexity index is 1070. The summed E-state index contributed by atoms with van der Waals surface area (Å²) in [6.45, 7) is 0.912. The number of amides is 1. The number of nitrogens with zero attached hydrogens (tertiary/aromatic N) is 2. The van der Waals surface area contributed by atoms with Crippen LogP contribution in [0.5, 0.6) is 5.75 Å². The van der Waals surface area contributed by atoms with Crippen LogP contribution in [0, 0.1) is 15.2 Å². The fraction of sp³-hybridized carbons (Fsp3) is 0.333. The first-order valence-corrected chi connectivity index (χ1v) is 10.6. The smallest absolute Gasteiger partial charge is 0.251 e. The molecule has 1 unspecified atom stereocenters. The Balaban J connectivity index is 1.57. The van der Waals surface area contributed by atoms with Crippen LogP contribution in [0.15, 0.2) is 30.5 Å². The van der Waals surface area contributed by atoms with E-state index < -0.39 is 23.3 Å². The fourth-order valence-corrected chi connectivity index (χ4v) is 4.30. The molecule has 1 fully saturated rings. The third-order valence-electron chi connectivity index (χ3n) is 5.15. The molecule has 30 heavy (non-hydrogen) atoms. The van der Waals surface area contributed by atoms with Crippen LogP contribution < -0.4 is 10.1 Å². The number of benzene rings is 2. The molecule has 0 aliphatic carbocycles. The van der Waals surface area contributed by atoms with Crippen molar-refractivity contribution in [3.63, 3.8) is 0 Å². The SMILES string of the molecule is COc1c(F)cc(C(=O)NCc2c(I)ccc3c2cnn3C2CCCCO2)cc1F. The Kier molecular flexibility index (Phi) is 6.19. The summed E-state index contributed by atoms with van der Waals surface area (Å²) in [5, 5.41) is 8.16. The number of carbonyl (C=O) groups is 1. The van der Waals surface area contributed by atoms with Crippen molar-refractivity contribution in [2.45, 2.75) is 32.0 Å². The molecule has 1 aliphatic heterocycles. The van der Waals surface area contributed by atoms with Crippen LogP contribution in [0.25, 0.3) is 10.9 Å². The highest BCUT2D eigenvalue weighted by Gasteiger charge is 2.21. The van der Waals surface area contributed by atoms with Gasteiger partial charge in [-0.25, -0.2) is 13.5 Å². The molecule has 1 atom stereocenters. The number of methoxy groups -OCH3 is 1. The Morgan fingerprint density at radius 1 is 1.33 bits per heavy atom. The van der Waals surface area contributed by atoms with Gasteiger partial charge >= 0.3 is 0 Å². The molecule has 158 valence electrons. The average Bonchev–Trinajstić information content (AvgIpc) is 3.17. The highest BCUT2D eigenvalue weighted by molar-refractivity contribution is 14.1. The topological polar surface area (TPSA) is 65.4 Å². The number of halogens is 3. The predicted molar refractivity (Wildman–Crippen MR) is 115 cm³/mol. The molecule has 0 radical (unpaired) electrons. The van der Waals surface area contributed by atoms with Gasteiger partial charge in [-0.2, -0.15) is 5.10 Å². The zero-order valence-electron chi connectivity index (χ0n) is 16.3. The van der Waals surface area contributed by atoms with Crippen LogP contribution in [0.1, 0.15) is 41.4 Å². The number of rotatable bonds is 5. The predicted octanol–water partition coefficient (Wildman–Crippen LogP) is 4.56. The maximum atomic E-state index is 13.9. The van der Waals surface area contributed by atoms with Crippen molar-refractivity contribution in [2.75, 3.05) is 13.7 Å². The van der Waals surface area contributed by atoms with Crippen LogP contribution in [0.3, 0.4) is 0 Å². The van der Waals surface area contributed by atoms with Gasteiger partial charge in [0.25, 0.3) is 5.91 Å². The van der Waals surface area contributed by atoms with Gasteiger partial charge in [-0.1, -0.05) is 0 Å². The number of hydrogen-bond acceptors (Lipinski definition) is 4. The van der Waals surface area contributed by atoms with E-state index in [2.05, 4.69) is 37.7 Å². The van der Waals surface area contributed by atoms with Crippen molar-refractivity contribution in [1.29, 1.82) is 0 Å². The van der Waals surface area contributed by atoms with Gasteiger partial charge in [0.05, 0.1) is 18.8 Å². The van der Waals surface area contributed by atoms with Crippen molar-refractivity contribution in [2.24, 2.45) is 0 Å². The maximum Gasteiger partial charge on any atom is 0.251 e. The molecule has 0 saturated carbocycles. The van der Waals surface area contributed by atoms with Crippen molar-refractivity contribution >= 4 is 39.4 Å². The van der Waals surface area contributed by atoms with Gasteiger partial charge in [-0.05, 0) is 71.7 Å². The molecular formula is C21H20F2IN3O3. The van der Waals surface area contributed by atoms with E-state index in [1.165, 1.54) is 7.11 Å². The molecule has 2 aromatic carbocycles. The lowest BCUT2D eigenvalue weighted by Gasteiger charge is -2.23. The second-order valence-electron chi connectivity index (χ2n) is 7.02. The minimum atomic E-state index is -0.923. The van der Waals surface area contributed by atoms with Crippen LogP contribution in [-0.2, 0) is 11.3 Å². The van der Waals surface area contributed by atoms with Crippen molar-refractivity contribution in [3.8, 4) is 5.75 Å². The summed E-state index contributed by atoms with van der Waals surface area (Å²) in [5.41, 5.74) is 1.70. The Morgan fingerprint density at radius 3 is 2.77 bits per heavy atom. The Morgan fingerprint density at radius 2 is 2.10 bits per heavy atom. The molecule has 3 aromatic rings. The fourth-order valence-electron chi connectivity index (χ4n) is 3.63. The molecule has 4 rings (SSSR count). The van der Waals surface area contributed by atoms with E-state index in [1.54, 1.807) is 6.20 Å². The van der Waals surface area contributed by atoms with Crippen molar-refractivity contribution in [1.82, 2.24) is 15.1 Å². The summed E-state index contributed by atoms with van der Waals surface area (Å²) in [4.78, 5) is 12.5. The summed E-state index contributed by atoms with van der Waals surface area (Å²) >= 11 is 2.20. The van der Waals surface area contributed by atoms with E-state index in [4.69, 9.17) is 4.74 Å². The molecule has 6 nitrogen and oxygen atoms in total. The van der Waals surface area contributed by atoms with E-state index in [-0.39, 0.29) is 18.3 Å². The number of nitrogens with one attached hydrogen (secondary N) is 1. The molecule has 0 spiro atoms. The Labute approximate surface area is 185 Å². The second kappa shape index (κ2) is 8.84. The molecule has 1 N–H and O–H groups in total. The van der Waals surface area contributed by atoms with E-state index in [9.17, 15) is 13.6 Å². The standard InChI is InChI=1S/C21H20F2IN3O3/c1-29-20-15(22)8-12(9-16(20)23)21(28)25-10-13-14-11-26-27(18(14)6-5-17(13)24)19-4-2-3-7-30-19/h5-6,8-9,11,19H,2-4,7,10H2,1H3,(H,25,28). The van der Waals surface area contributed by atoms with Crippen LogP contribution >= 0.6 is 22.6 Å². The van der Waals surface area contributed by atoms with Crippen LogP contribution in [0.4, 0.5) is 8.78 Å². The monoisotopic (exact) mass is 527 g/mol. The van der Waals surface area contributed by atoms with E-state index in [0.717, 1.165) is 51.4 Å². The molecule has 1 aromatic heterocycles. The van der Waals surface area contributed by atoms with Gasteiger partial charge in [-0.3, -0.25) is 4.79 Å². The summed E-state index contributed by atoms with van der Waals surface area (Å²) in [6, 6.07) is 5.86.